The van der Waals surface area contributed by atoms with Gasteiger partial charge in [-0.2, -0.15) is 0 Å². The molecule has 5 heteroatoms. The molecule has 38 heavy (non-hydrogen) atoms. The molecule has 1 saturated heterocycles. The number of hydrogen-bond acceptors (Lipinski definition) is 5. The van der Waals surface area contributed by atoms with Crippen LogP contribution < -0.4 is 4.74 Å². The molecule has 2 aromatic rings. The Morgan fingerprint density at radius 2 is 1.79 bits per heavy atom. The van der Waals surface area contributed by atoms with Crippen molar-refractivity contribution in [3.05, 3.63) is 65.2 Å². The summed E-state index contributed by atoms with van der Waals surface area (Å²) in [6.45, 7) is 14.3. The molecule has 4 atom stereocenters. The molecule has 0 radical (unpaired) electrons. The van der Waals surface area contributed by atoms with E-state index < -0.39 is 0 Å². The summed E-state index contributed by atoms with van der Waals surface area (Å²) in [6.07, 6.45) is 3.05. The number of aryl methyl sites for hydroxylation is 1. The average molecular weight is 522 g/mol. The summed E-state index contributed by atoms with van der Waals surface area (Å²) >= 11 is 0. The Balaban J connectivity index is 1.83. The quantitative estimate of drug-likeness (QED) is 0.148. The van der Waals surface area contributed by atoms with E-state index in [1.165, 1.54) is 11.1 Å². The number of benzene rings is 2. The van der Waals surface area contributed by atoms with Gasteiger partial charge in [0.2, 0.25) is 0 Å². The zero-order valence-electron chi connectivity index (χ0n) is 24.4. The standard InChI is InChI=1S/C33H47NO4/c1-22(2)28(18-26-15-14-24(5)31(19-26)37-17-11-16-36-7)20-30(32-21-29(23(3)4)33(35)38-32)34-25(6)27-12-9-8-10-13-27/h8-10,12-15,19,22-23,25,28-29,32H,11,16-18,20-21H2,1-7H3/b34-30-/t25-,28-,29-,32-/m0/s1. The Bertz CT molecular complexity index is 1050. The average Bonchev–Trinajstić information content (AvgIpc) is 3.29. The van der Waals surface area contributed by atoms with Gasteiger partial charge in [-0.25, -0.2) is 0 Å². The van der Waals surface area contributed by atoms with Crippen LogP contribution in [0.5, 0.6) is 5.75 Å². The fourth-order valence-corrected chi connectivity index (χ4v) is 5.10. The van der Waals surface area contributed by atoms with E-state index in [1.807, 2.05) is 6.07 Å². The first-order valence-electron chi connectivity index (χ1n) is 14.2. The van der Waals surface area contributed by atoms with Crippen molar-refractivity contribution in [2.45, 2.75) is 79.4 Å². The number of cyclic esters (lactones) is 1. The molecule has 5 nitrogen and oxygen atoms in total. The van der Waals surface area contributed by atoms with Crippen LogP contribution in [0.25, 0.3) is 0 Å². The molecule has 1 aliphatic rings. The van der Waals surface area contributed by atoms with Crippen molar-refractivity contribution in [1.29, 1.82) is 0 Å². The van der Waals surface area contributed by atoms with Crippen molar-refractivity contribution < 1.29 is 19.0 Å². The molecule has 2 aromatic carbocycles. The highest BCUT2D eigenvalue weighted by molar-refractivity contribution is 5.93. The summed E-state index contributed by atoms with van der Waals surface area (Å²) < 4.78 is 17.2. The van der Waals surface area contributed by atoms with Gasteiger partial charge in [0.25, 0.3) is 0 Å². The Morgan fingerprint density at radius 3 is 2.42 bits per heavy atom. The van der Waals surface area contributed by atoms with Crippen molar-refractivity contribution in [1.82, 2.24) is 0 Å². The Labute approximate surface area is 230 Å². The topological polar surface area (TPSA) is 57.1 Å². The molecular weight excluding hydrogens is 474 g/mol. The maximum Gasteiger partial charge on any atom is 0.310 e. The fourth-order valence-electron chi connectivity index (χ4n) is 5.10. The Kier molecular flexibility index (Phi) is 11.4. The van der Waals surface area contributed by atoms with E-state index in [4.69, 9.17) is 19.2 Å². The number of esters is 1. The van der Waals surface area contributed by atoms with Crippen molar-refractivity contribution in [3.8, 4) is 5.75 Å². The highest BCUT2D eigenvalue weighted by Gasteiger charge is 2.39. The highest BCUT2D eigenvalue weighted by atomic mass is 16.6. The lowest BCUT2D eigenvalue weighted by Crippen LogP contribution is -2.27. The van der Waals surface area contributed by atoms with Gasteiger partial charge < -0.3 is 14.2 Å². The fraction of sp³-hybridized carbons (Fsp3) is 0.576. The molecular formula is C33H47NO4. The lowest BCUT2D eigenvalue weighted by molar-refractivity contribution is -0.143. The largest absolute Gasteiger partial charge is 0.493 e. The highest BCUT2D eigenvalue weighted by Crippen LogP contribution is 2.33. The number of ether oxygens (including phenoxy) is 3. The van der Waals surface area contributed by atoms with Crippen LogP contribution >= 0.6 is 0 Å². The summed E-state index contributed by atoms with van der Waals surface area (Å²) in [5.41, 5.74) is 4.59. The predicted octanol–water partition coefficient (Wildman–Crippen LogP) is 7.41. The molecule has 0 spiro atoms. The lowest BCUT2D eigenvalue weighted by Gasteiger charge is -2.25. The van der Waals surface area contributed by atoms with Crippen molar-refractivity contribution in [3.63, 3.8) is 0 Å². The van der Waals surface area contributed by atoms with Gasteiger partial charge in [-0.15, -0.1) is 0 Å². The van der Waals surface area contributed by atoms with Gasteiger partial charge >= 0.3 is 5.97 Å². The second-order valence-corrected chi connectivity index (χ2v) is 11.4. The minimum Gasteiger partial charge on any atom is -0.493 e. The Hall–Kier alpha value is -2.66. The summed E-state index contributed by atoms with van der Waals surface area (Å²) in [4.78, 5) is 17.9. The van der Waals surface area contributed by atoms with Gasteiger partial charge in [0, 0.05) is 26.6 Å². The van der Waals surface area contributed by atoms with Crippen LogP contribution in [0.2, 0.25) is 0 Å². The smallest absolute Gasteiger partial charge is 0.310 e. The third-order valence-corrected chi connectivity index (χ3v) is 7.76. The van der Waals surface area contributed by atoms with Gasteiger partial charge in [0.15, 0.2) is 0 Å². The van der Waals surface area contributed by atoms with Crippen LogP contribution in [0.3, 0.4) is 0 Å². The van der Waals surface area contributed by atoms with Gasteiger partial charge in [-0.05, 0) is 67.2 Å². The van der Waals surface area contributed by atoms with Crippen LogP contribution in [-0.4, -0.2) is 38.1 Å². The van der Waals surface area contributed by atoms with E-state index in [1.54, 1.807) is 7.11 Å². The molecule has 0 amide bonds. The molecule has 208 valence electrons. The lowest BCUT2D eigenvalue weighted by atomic mass is 9.82. The molecule has 0 bridgehead atoms. The van der Waals surface area contributed by atoms with E-state index in [2.05, 4.69) is 84.0 Å². The molecule has 1 heterocycles. The maximum absolute atomic E-state index is 12.7. The summed E-state index contributed by atoms with van der Waals surface area (Å²) in [5, 5.41) is 0. The van der Waals surface area contributed by atoms with Crippen LogP contribution in [0.15, 0.2) is 53.5 Å². The van der Waals surface area contributed by atoms with E-state index in [-0.39, 0.29) is 30.0 Å². The minimum atomic E-state index is -0.250. The number of aliphatic imine (C=N–C) groups is 1. The first-order valence-corrected chi connectivity index (χ1v) is 14.2. The predicted molar refractivity (Wildman–Crippen MR) is 155 cm³/mol. The summed E-state index contributed by atoms with van der Waals surface area (Å²) in [6, 6.07) is 16.9. The van der Waals surface area contributed by atoms with Crippen LogP contribution in [0.1, 0.15) is 76.6 Å². The third kappa shape index (κ3) is 8.42. The molecule has 0 aliphatic carbocycles. The SMILES string of the molecule is COCCCOc1cc(C[C@@H](C/C(=N/[C@@H](C)c2ccccc2)[C@@H]2C[C@@H](C(C)C)C(=O)O2)C(C)C)ccc1C. The molecule has 3 rings (SSSR count). The number of methoxy groups -OCH3 is 1. The number of carbonyl (C=O) groups is 1. The molecule has 0 unspecified atom stereocenters. The molecule has 1 aliphatic heterocycles. The monoisotopic (exact) mass is 521 g/mol. The normalized spacial score (nSPS) is 19.6. The molecule has 0 saturated carbocycles. The second kappa shape index (κ2) is 14.5. The van der Waals surface area contributed by atoms with E-state index in [0.717, 1.165) is 36.3 Å². The number of nitrogens with zero attached hydrogens (tertiary/aromatic N) is 1. The van der Waals surface area contributed by atoms with E-state index >= 15 is 0 Å². The molecule has 0 aromatic heterocycles. The number of hydrogen-bond donors (Lipinski definition) is 0. The zero-order chi connectivity index (χ0) is 27.7. The van der Waals surface area contributed by atoms with E-state index in [0.29, 0.717) is 31.5 Å². The first-order chi connectivity index (χ1) is 18.2. The number of carbonyl (C=O) groups excluding carboxylic acids is 1. The van der Waals surface area contributed by atoms with Crippen LogP contribution in [0.4, 0.5) is 0 Å². The maximum atomic E-state index is 12.7. The first kappa shape index (κ1) is 29.9. The third-order valence-electron chi connectivity index (χ3n) is 7.76. The number of rotatable bonds is 14. The Morgan fingerprint density at radius 1 is 1.05 bits per heavy atom. The van der Waals surface area contributed by atoms with Crippen LogP contribution in [-0.2, 0) is 20.7 Å². The summed E-state index contributed by atoms with van der Waals surface area (Å²) in [7, 11) is 1.71. The van der Waals surface area contributed by atoms with Gasteiger partial charge in [-0.1, -0.05) is 70.2 Å². The minimum absolute atomic E-state index is 0.00212. The van der Waals surface area contributed by atoms with E-state index in [9.17, 15) is 4.79 Å². The van der Waals surface area contributed by atoms with Crippen molar-refractivity contribution in [2.24, 2.45) is 28.7 Å². The molecule has 1 fully saturated rings. The van der Waals surface area contributed by atoms with Gasteiger partial charge in [-0.3, -0.25) is 9.79 Å². The van der Waals surface area contributed by atoms with Gasteiger partial charge in [0.1, 0.15) is 11.9 Å². The zero-order valence-corrected chi connectivity index (χ0v) is 24.4. The van der Waals surface area contributed by atoms with Crippen molar-refractivity contribution in [2.75, 3.05) is 20.3 Å². The second-order valence-electron chi connectivity index (χ2n) is 11.4. The van der Waals surface area contributed by atoms with Crippen LogP contribution in [0, 0.1) is 30.6 Å². The van der Waals surface area contributed by atoms with Crippen molar-refractivity contribution >= 4 is 11.7 Å². The van der Waals surface area contributed by atoms with Gasteiger partial charge in [0.05, 0.1) is 24.3 Å². The summed E-state index contributed by atoms with van der Waals surface area (Å²) in [5.74, 6) is 1.85. The molecule has 0 N–H and O–H groups in total.